The molecule has 1 fully saturated rings. The molecule has 1 aliphatic heterocycles. The molecule has 4 rings (SSSR count). The van der Waals surface area contributed by atoms with Gasteiger partial charge in [0.25, 0.3) is 0 Å². The van der Waals surface area contributed by atoms with E-state index in [2.05, 4.69) is 17.1 Å². The van der Waals surface area contributed by atoms with Crippen molar-refractivity contribution in [1.29, 1.82) is 0 Å². The van der Waals surface area contributed by atoms with Crippen molar-refractivity contribution in [2.24, 2.45) is 0 Å². The first kappa shape index (κ1) is 20.6. The third-order valence-electron chi connectivity index (χ3n) is 5.06. The summed E-state index contributed by atoms with van der Waals surface area (Å²) in [6, 6.07) is 17.5. The molecule has 1 amide bonds. The summed E-state index contributed by atoms with van der Waals surface area (Å²) in [6.07, 6.45) is 1.15. The molecular weight excluding hydrogens is 365 g/mol. The van der Waals surface area contributed by atoms with Crippen LogP contribution in [0, 0.1) is 0 Å². The van der Waals surface area contributed by atoms with E-state index in [4.69, 9.17) is 0 Å². The monoisotopic (exact) mass is 385 g/mol. The van der Waals surface area contributed by atoms with Gasteiger partial charge in [-0.05, 0) is 24.1 Å². The minimum absolute atomic E-state index is 0. The van der Waals surface area contributed by atoms with Crippen LogP contribution in [-0.4, -0.2) is 39.4 Å². The average molecular weight is 385 g/mol. The van der Waals surface area contributed by atoms with Crippen molar-refractivity contribution in [3.8, 4) is 0 Å². The van der Waals surface area contributed by atoms with Gasteiger partial charge in [-0.3, -0.25) is 4.79 Å². The van der Waals surface area contributed by atoms with Crippen molar-refractivity contribution in [2.75, 3.05) is 13.1 Å². The van der Waals surface area contributed by atoms with Gasteiger partial charge in [0.2, 0.25) is 5.91 Å². The van der Waals surface area contributed by atoms with Crippen molar-refractivity contribution in [1.82, 2.24) is 14.5 Å². The number of fused-ring (bicyclic) bond motifs is 1. The molecule has 2 aromatic carbocycles. The number of nitrogens with zero attached hydrogens (tertiary/aromatic N) is 3. The van der Waals surface area contributed by atoms with Crippen molar-refractivity contribution in [2.45, 2.75) is 25.3 Å². The maximum Gasteiger partial charge on any atom is 1.00 e. The molecule has 3 aromatic rings. The Labute approximate surface area is 185 Å². The molecule has 7 heteroatoms. The maximum absolute atomic E-state index is 12.5. The van der Waals surface area contributed by atoms with Gasteiger partial charge in [0.05, 0.1) is 23.5 Å². The van der Waals surface area contributed by atoms with Crippen molar-refractivity contribution in [3.63, 3.8) is 0 Å². The first-order chi connectivity index (χ1) is 13.1. The summed E-state index contributed by atoms with van der Waals surface area (Å²) in [5.41, 5.74) is 2.69. The molecule has 2 heterocycles. The number of carbonyl (C=O) groups is 2. The SMILES string of the molecule is O=C([O-])Cn1c(C2CC(=O)N(CCc3ccccc3)C2)nc2ccccc21.[Na+]. The van der Waals surface area contributed by atoms with Gasteiger partial charge in [-0.15, -0.1) is 0 Å². The molecule has 138 valence electrons. The predicted molar refractivity (Wildman–Crippen MR) is 98.8 cm³/mol. The summed E-state index contributed by atoms with van der Waals surface area (Å²) >= 11 is 0. The number of amides is 1. The second kappa shape index (κ2) is 8.90. The number of imidazole rings is 1. The van der Waals surface area contributed by atoms with Crippen LogP contribution < -0.4 is 34.7 Å². The number of benzene rings is 2. The van der Waals surface area contributed by atoms with Gasteiger partial charge in [0, 0.05) is 25.4 Å². The van der Waals surface area contributed by atoms with Gasteiger partial charge in [-0.2, -0.15) is 0 Å². The first-order valence-corrected chi connectivity index (χ1v) is 9.08. The number of aromatic nitrogens is 2. The van der Waals surface area contributed by atoms with Crippen molar-refractivity contribution in [3.05, 3.63) is 66.0 Å². The van der Waals surface area contributed by atoms with Crippen molar-refractivity contribution >= 4 is 22.9 Å². The zero-order valence-corrected chi connectivity index (χ0v) is 17.9. The van der Waals surface area contributed by atoms with Gasteiger partial charge in [0.15, 0.2) is 0 Å². The molecule has 28 heavy (non-hydrogen) atoms. The summed E-state index contributed by atoms with van der Waals surface area (Å²) in [4.78, 5) is 30.2. The molecule has 0 N–H and O–H groups in total. The van der Waals surface area contributed by atoms with E-state index in [1.165, 1.54) is 5.56 Å². The van der Waals surface area contributed by atoms with E-state index < -0.39 is 5.97 Å². The fraction of sp³-hybridized carbons (Fsp3) is 0.286. The van der Waals surface area contributed by atoms with Crippen LogP contribution in [0.1, 0.15) is 23.7 Å². The Hall–Kier alpha value is -2.15. The van der Waals surface area contributed by atoms with Crippen LogP contribution in [0.4, 0.5) is 0 Å². The summed E-state index contributed by atoms with van der Waals surface area (Å²) in [5.74, 6) is -0.538. The van der Waals surface area contributed by atoms with E-state index >= 15 is 0 Å². The van der Waals surface area contributed by atoms with Gasteiger partial charge >= 0.3 is 29.6 Å². The van der Waals surface area contributed by atoms with E-state index in [0.29, 0.717) is 25.3 Å². The van der Waals surface area contributed by atoms with Gasteiger partial charge in [-0.1, -0.05) is 42.5 Å². The molecule has 1 atom stereocenters. The molecule has 1 unspecified atom stereocenters. The maximum atomic E-state index is 12.5. The topological polar surface area (TPSA) is 78.3 Å². The third kappa shape index (κ3) is 4.29. The fourth-order valence-electron chi connectivity index (χ4n) is 3.77. The molecule has 0 aliphatic carbocycles. The number of carboxylic acid groups (broad SMARTS) is 1. The average Bonchev–Trinajstić information content (AvgIpc) is 3.21. The van der Waals surface area contributed by atoms with E-state index in [1.807, 2.05) is 47.4 Å². The number of carbonyl (C=O) groups excluding carboxylic acids is 2. The molecule has 6 nitrogen and oxygen atoms in total. The molecule has 0 bridgehead atoms. The Morgan fingerprint density at radius 1 is 1.11 bits per heavy atom. The number of aliphatic carboxylic acids is 1. The number of hydrogen-bond donors (Lipinski definition) is 0. The predicted octanol–water partition coefficient (Wildman–Crippen LogP) is -1.65. The molecule has 0 saturated carbocycles. The second-order valence-electron chi connectivity index (χ2n) is 6.89. The minimum atomic E-state index is -1.16. The van der Waals surface area contributed by atoms with E-state index in [0.717, 1.165) is 17.5 Å². The number of carboxylic acids is 1. The van der Waals surface area contributed by atoms with Gasteiger partial charge < -0.3 is 19.4 Å². The summed E-state index contributed by atoms with van der Waals surface area (Å²) < 4.78 is 1.67. The molecular formula is C21H20N3NaO3. The number of rotatable bonds is 6. The van der Waals surface area contributed by atoms with Crippen LogP contribution in [0.2, 0.25) is 0 Å². The van der Waals surface area contributed by atoms with E-state index in [1.54, 1.807) is 4.57 Å². The molecule has 1 saturated heterocycles. The largest absolute Gasteiger partial charge is 1.00 e. The van der Waals surface area contributed by atoms with Crippen molar-refractivity contribution < 1.29 is 44.3 Å². The Morgan fingerprint density at radius 2 is 1.82 bits per heavy atom. The smallest absolute Gasteiger partial charge is 0.548 e. The van der Waals surface area contributed by atoms with Crippen LogP contribution in [0.3, 0.4) is 0 Å². The Kier molecular flexibility index (Phi) is 6.54. The Morgan fingerprint density at radius 3 is 2.57 bits per heavy atom. The first-order valence-electron chi connectivity index (χ1n) is 9.08. The van der Waals surface area contributed by atoms with Crippen LogP contribution in [0.5, 0.6) is 0 Å². The fourth-order valence-corrected chi connectivity index (χ4v) is 3.77. The molecule has 1 aliphatic rings. The summed E-state index contributed by atoms with van der Waals surface area (Å²) in [6.45, 7) is 0.951. The molecule has 1 aromatic heterocycles. The standard InChI is InChI=1S/C21H21N3O3.Na/c25-19-12-16(13-23(19)11-10-15-6-2-1-3-7-15)21-22-17-8-4-5-9-18(17)24(21)14-20(26)27;/h1-9,16H,10-14H2,(H,26,27);/q;+1/p-1. The number of likely N-dealkylation sites (tertiary alicyclic amines) is 1. The molecule has 0 spiro atoms. The van der Waals surface area contributed by atoms with Gasteiger partial charge in [-0.25, -0.2) is 4.98 Å². The zero-order chi connectivity index (χ0) is 18.8. The quantitative estimate of drug-likeness (QED) is 0.477. The van der Waals surface area contributed by atoms with Gasteiger partial charge in [0.1, 0.15) is 5.82 Å². The third-order valence-corrected chi connectivity index (χ3v) is 5.06. The summed E-state index contributed by atoms with van der Waals surface area (Å²) in [5, 5.41) is 11.2. The van der Waals surface area contributed by atoms with Crippen LogP contribution in [0.25, 0.3) is 11.0 Å². The second-order valence-corrected chi connectivity index (χ2v) is 6.89. The minimum Gasteiger partial charge on any atom is -0.548 e. The zero-order valence-electron chi connectivity index (χ0n) is 15.9. The van der Waals surface area contributed by atoms with Crippen LogP contribution in [-0.2, 0) is 22.6 Å². The molecule has 0 radical (unpaired) electrons. The number of para-hydroxylation sites is 2. The van der Waals surface area contributed by atoms with Crippen LogP contribution in [0.15, 0.2) is 54.6 Å². The van der Waals surface area contributed by atoms with Crippen LogP contribution >= 0.6 is 0 Å². The van der Waals surface area contributed by atoms with E-state index in [-0.39, 0.29) is 47.9 Å². The normalized spacial score (nSPS) is 16.4. The summed E-state index contributed by atoms with van der Waals surface area (Å²) in [7, 11) is 0. The van der Waals surface area contributed by atoms with E-state index in [9.17, 15) is 14.7 Å². The Balaban J connectivity index is 0.00000225. The Bertz CT molecular complexity index is 987. The number of hydrogen-bond acceptors (Lipinski definition) is 4.